The molecule has 4 nitrogen and oxygen atoms in total. The fraction of sp³-hybridized carbons (Fsp3) is 0.636. The van der Waals surface area contributed by atoms with Crippen molar-refractivity contribution in [1.29, 1.82) is 0 Å². The third-order valence-corrected chi connectivity index (χ3v) is 4.87. The van der Waals surface area contributed by atoms with Crippen molar-refractivity contribution in [3.8, 4) is 0 Å². The molecule has 0 saturated carbocycles. The number of hydrogen-bond acceptors (Lipinski definition) is 4. The number of hydrogen-bond donors (Lipinski definition) is 2. The van der Waals surface area contributed by atoms with E-state index in [1.807, 2.05) is 59.7 Å². The summed E-state index contributed by atoms with van der Waals surface area (Å²) < 4.78 is 0. The van der Waals surface area contributed by atoms with E-state index < -0.39 is 12.1 Å². The number of nitrogens with two attached hydrogens (primary N) is 2. The number of benzene rings is 1. The third-order valence-electron chi connectivity index (χ3n) is 4.87. The lowest BCUT2D eigenvalue weighted by molar-refractivity contribution is -0.123. The van der Waals surface area contributed by atoms with Crippen molar-refractivity contribution < 1.29 is 9.59 Å². The minimum absolute atomic E-state index is 0.0919. The average Bonchev–Trinajstić information content (AvgIpc) is 2.54. The van der Waals surface area contributed by atoms with Crippen LogP contribution in [0.3, 0.4) is 0 Å². The van der Waals surface area contributed by atoms with Crippen LogP contribution in [0, 0.1) is 10.8 Å². The predicted octanol–water partition coefficient (Wildman–Crippen LogP) is 3.44. The van der Waals surface area contributed by atoms with Gasteiger partial charge in [-0.2, -0.15) is 0 Å². The first-order valence-corrected chi connectivity index (χ1v) is 9.47. The van der Waals surface area contributed by atoms with Crippen molar-refractivity contribution in [2.75, 3.05) is 0 Å². The Morgan fingerprint density at radius 2 is 1.15 bits per heavy atom. The fourth-order valence-corrected chi connectivity index (χ4v) is 2.75. The van der Waals surface area contributed by atoms with Crippen molar-refractivity contribution in [3.05, 3.63) is 35.4 Å². The van der Waals surface area contributed by atoms with Gasteiger partial charge in [-0.25, -0.2) is 0 Å². The van der Waals surface area contributed by atoms with Gasteiger partial charge in [0.1, 0.15) is 11.6 Å². The Hall–Kier alpha value is -1.52. The maximum absolute atomic E-state index is 12.2. The first-order valence-electron chi connectivity index (χ1n) is 9.47. The minimum Gasteiger partial charge on any atom is -0.321 e. The number of Topliss-reactive ketones (excluding diaryl/α,β-unsaturated/α-hetero) is 2. The van der Waals surface area contributed by atoms with Gasteiger partial charge in [0.2, 0.25) is 0 Å². The monoisotopic (exact) mass is 360 g/mol. The largest absolute Gasteiger partial charge is 0.321 e. The molecule has 0 amide bonds. The van der Waals surface area contributed by atoms with Crippen molar-refractivity contribution in [1.82, 2.24) is 0 Å². The summed E-state index contributed by atoms with van der Waals surface area (Å²) in [5, 5.41) is 0. The Labute approximate surface area is 158 Å². The molecule has 0 aliphatic carbocycles. The van der Waals surface area contributed by atoms with Crippen LogP contribution in [0.1, 0.15) is 65.5 Å². The maximum atomic E-state index is 12.2. The van der Waals surface area contributed by atoms with Crippen molar-refractivity contribution >= 4 is 11.6 Å². The maximum Gasteiger partial charge on any atom is 0.150 e. The van der Waals surface area contributed by atoms with E-state index in [2.05, 4.69) is 6.07 Å². The molecule has 0 bridgehead atoms. The van der Waals surface area contributed by atoms with Crippen LogP contribution in [-0.2, 0) is 22.4 Å². The molecule has 0 aromatic heterocycles. The molecule has 4 heteroatoms. The van der Waals surface area contributed by atoms with Crippen LogP contribution in [0.25, 0.3) is 0 Å². The number of rotatable bonds is 8. The van der Waals surface area contributed by atoms with Crippen LogP contribution in [0.5, 0.6) is 0 Å². The molecule has 0 heterocycles. The van der Waals surface area contributed by atoms with E-state index in [-0.39, 0.29) is 22.4 Å². The van der Waals surface area contributed by atoms with E-state index in [0.717, 1.165) is 11.1 Å². The molecule has 1 rings (SSSR count). The Kier molecular flexibility index (Phi) is 7.72. The number of carbonyl (C=O) groups excluding carboxylic acids is 2. The van der Waals surface area contributed by atoms with Crippen molar-refractivity contribution in [3.63, 3.8) is 0 Å². The van der Waals surface area contributed by atoms with E-state index in [0.29, 0.717) is 25.7 Å². The Morgan fingerprint density at radius 1 is 0.808 bits per heavy atom. The van der Waals surface area contributed by atoms with Crippen molar-refractivity contribution in [2.24, 2.45) is 22.3 Å². The van der Waals surface area contributed by atoms with Gasteiger partial charge >= 0.3 is 0 Å². The smallest absolute Gasteiger partial charge is 0.150 e. The van der Waals surface area contributed by atoms with Gasteiger partial charge < -0.3 is 11.5 Å². The third kappa shape index (κ3) is 7.00. The molecular formula is C22H36N2O2. The van der Waals surface area contributed by atoms with Gasteiger partial charge in [-0.3, -0.25) is 9.59 Å². The van der Waals surface area contributed by atoms with Gasteiger partial charge in [-0.05, 0) is 34.8 Å². The molecule has 0 radical (unpaired) electrons. The summed E-state index contributed by atoms with van der Waals surface area (Å²) in [6.07, 6.45) is 2.23. The fourth-order valence-electron chi connectivity index (χ4n) is 2.75. The minimum atomic E-state index is -0.442. The highest BCUT2D eigenvalue weighted by Crippen LogP contribution is 2.21. The lowest BCUT2D eigenvalue weighted by Gasteiger charge is -2.25. The Morgan fingerprint density at radius 3 is 1.46 bits per heavy atom. The van der Waals surface area contributed by atoms with Crippen molar-refractivity contribution in [2.45, 2.75) is 79.3 Å². The zero-order valence-electron chi connectivity index (χ0n) is 17.3. The summed E-state index contributed by atoms with van der Waals surface area (Å²) in [5.41, 5.74) is 13.8. The molecule has 26 heavy (non-hydrogen) atoms. The SMILES string of the molecule is CC(C)(C)C(N)C(=O)CCc1cccc(CCC(=O)C(N)C(C)(C)C)c1. The number of aryl methyl sites for hydroxylation is 2. The number of carbonyl (C=O) groups is 2. The predicted molar refractivity (Wildman–Crippen MR) is 108 cm³/mol. The van der Waals surface area contributed by atoms with Gasteiger partial charge in [-0.1, -0.05) is 65.8 Å². The summed E-state index contributed by atoms with van der Waals surface area (Å²) in [6, 6.07) is 7.20. The summed E-state index contributed by atoms with van der Waals surface area (Å²) >= 11 is 0. The van der Waals surface area contributed by atoms with Crippen LogP contribution in [-0.4, -0.2) is 23.7 Å². The molecule has 0 fully saturated rings. The second-order valence-electron chi connectivity index (χ2n) is 9.44. The van der Waals surface area contributed by atoms with E-state index in [1.54, 1.807) is 0 Å². The molecule has 4 N–H and O–H groups in total. The first kappa shape index (κ1) is 22.5. The molecule has 1 aromatic carbocycles. The lowest BCUT2D eigenvalue weighted by atomic mass is 9.83. The molecule has 2 unspecified atom stereocenters. The van der Waals surface area contributed by atoms with Crippen LogP contribution in [0.15, 0.2) is 24.3 Å². The molecule has 0 aliphatic heterocycles. The first-order chi connectivity index (χ1) is 11.8. The van der Waals surface area contributed by atoms with E-state index in [1.165, 1.54) is 0 Å². The normalized spacial score (nSPS) is 14.8. The lowest BCUT2D eigenvalue weighted by Crippen LogP contribution is -2.42. The van der Waals surface area contributed by atoms with E-state index >= 15 is 0 Å². The standard InChI is InChI=1S/C22H36N2O2/c1-21(2,3)19(23)17(25)12-10-15-8-7-9-16(14-15)11-13-18(26)20(24)22(4,5)6/h7-9,14,19-20H,10-13,23-24H2,1-6H3. The molecule has 1 aromatic rings. The highest BCUT2D eigenvalue weighted by atomic mass is 16.1. The second kappa shape index (κ2) is 8.92. The second-order valence-corrected chi connectivity index (χ2v) is 9.44. The van der Waals surface area contributed by atoms with Gasteiger partial charge in [0.15, 0.2) is 0 Å². The van der Waals surface area contributed by atoms with Crippen LogP contribution in [0.2, 0.25) is 0 Å². The highest BCUT2D eigenvalue weighted by molar-refractivity contribution is 5.85. The quantitative estimate of drug-likeness (QED) is 0.743. The van der Waals surface area contributed by atoms with Gasteiger partial charge in [0.05, 0.1) is 12.1 Å². The topological polar surface area (TPSA) is 86.2 Å². The summed E-state index contributed by atoms with van der Waals surface area (Å²) in [4.78, 5) is 24.5. The molecule has 0 saturated heterocycles. The molecule has 146 valence electrons. The van der Waals surface area contributed by atoms with Gasteiger partial charge in [0, 0.05) is 12.8 Å². The number of ketones is 2. The molecular weight excluding hydrogens is 324 g/mol. The van der Waals surface area contributed by atoms with Gasteiger partial charge in [0.25, 0.3) is 0 Å². The summed E-state index contributed by atoms with van der Waals surface area (Å²) in [5.74, 6) is 0.184. The zero-order valence-corrected chi connectivity index (χ0v) is 17.3. The van der Waals surface area contributed by atoms with Gasteiger partial charge in [-0.15, -0.1) is 0 Å². The highest BCUT2D eigenvalue weighted by Gasteiger charge is 2.27. The van der Waals surface area contributed by atoms with Crippen LogP contribution >= 0.6 is 0 Å². The zero-order chi connectivity index (χ0) is 20.1. The van der Waals surface area contributed by atoms with E-state index in [9.17, 15) is 9.59 Å². The Balaban J connectivity index is 2.61. The summed E-state index contributed by atoms with van der Waals surface area (Å²) in [6.45, 7) is 11.9. The molecule has 0 spiro atoms. The van der Waals surface area contributed by atoms with Crippen LogP contribution < -0.4 is 11.5 Å². The molecule has 0 aliphatic rings. The average molecular weight is 361 g/mol. The molecule has 2 atom stereocenters. The summed E-state index contributed by atoms with van der Waals surface area (Å²) in [7, 11) is 0. The van der Waals surface area contributed by atoms with Crippen LogP contribution in [0.4, 0.5) is 0 Å². The Bertz CT molecular complexity index is 573. The van der Waals surface area contributed by atoms with E-state index in [4.69, 9.17) is 11.5 Å².